The number of rotatable bonds is 5. The molecule has 0 bridgehead atoms. The van der Waals surface area contributed by atoms with E-state index in [1.807, 2.05) is 13.8 Å². The lowest BCUT2D eigenvalue weighted by molar-refractivity contribution is -0.123. The topological polar surface area (TPSA) is 44.4 Å². The second-order valence-electron chi connectivity index (χ2n) is 6.23. The first-order valence-electron chi connectivity index (χ1n) is 7.78. The molecule has 3 atom stereocenters. The van der Waals surface area contributed by atoms with E-state index in [1.165, 1.54) is 0 Å². The molecule has 4 nitrogen and oxygen atoms in total. The number of likely N-dealkylation sites (tertiary alicyclic amines) is 1. The zero-order valence-electron chi connectivity index (χ0n) is 12.9. The number of hydrogen-bond acceptors (Lipinski definition) is 3. The van der Waals surface area contributed by atoms with Crippen molar-refractivity contribution >= 4 is 5.91 Å². The van der Waals surface area contributed by atoms with Gasteiger partial charge in [-0.3, -0.25) is 9.69 Å². The number of hydrogen-bond donors (Lipinski definition) is 2. The van der Waals surface area contributed by atoms with Crippen molar-refractivity contribution in [1.82, 2.24) is 15.5 Å². The Bertz CT molecular complexity index is 397. The van der Waals surface area contributed by atoms with E-state index in [0.29, 0.717) is 24.4 Å². The maximum absolute atomic E-state index is 12.3. The molecule has 2 N–H and O–H groups in total. The van der Waals surface area contributed by atoms with Gasteiger partial charge in [-0.15, -0.1) is 6.42 Å². The van der Waals surface area contributed by atoms with Gasteiger partial charge < -0.3 is 10.6 Å². The zero-order chi connectivity index (χ0) is 14.8. The maximum Gasteiger partial charge on any atom is 0.235 e. The minimum absolute atomic E-state index is 0.0615. The standard InChI is InChI=1S/C16H27N3O/c1-5-16(6-2,7-3)18-15(20)11-19-10-13-8-17-9-14(13)12(19)4/h1,12-14,17H,6-11H2,2-4H3,(H,18,20). The van der Waals surface area contributed by atoms with Crippen LogP contribution in [0.2, 0.25) is 0 Å². The van der Waals surface area contributed by atoms with Crippen LogP contribution in [0.25, 0.3) is 0 Å². The molecule has 3 unspecified atom stereocenters. The minimum Gasteiger partial charge on any atom is -0.339 e. The van der Waals surface area contributed by atoms with Gasteiger partial charge in [0.2, 0.25) is 5.91 Å². The minimum atomic E-state index is -0.475. The largest absolute Gasteiger partial charge is 0.339 e. The molecule has 0 saturated carbocycles. The number of terminal acetylenes is 1. The number of carbonyl (C=O) groups excluding carboxylic acids is 1. The molecule has 0 aromatic rings. The summed E-state index contributed by atoms with van der Waals surface area (Å²) in [6.45, 7) is 9.95. The van der Waals surface area contributed by atoms with Crippen LogP contribution in [0.5, 0.6) is 0 Å². The fourth-order valence-corrected chi connectivity index (χ4v) is 3.62. The van der Waals surface area contributed by atoms with Crippen molar-refractivity contribution in [2.45, 2.75) is 45.2 Å². The Morgan fingerprint density at radius 1 is 1.45 bits per heavy atom. The lowest BCUT2D eigenvalue weighted by atomic mass is 9.94. The average molecular weight is 277 g/mol. The SMILES string of the molecule is C#CC(CC)(CC)NC(=O)CN1CC2CNCC2C1C. The summed E-state index contributed by atoms with van der Waals surface area (Å²) in [6.07, 6.45) is 7.15. The smallest absolute Gasteiger partial charge is 0.235 e. The van der Waals surface area contributed by atoms with E-state index in [1.54, 1.807) is 0 Å². The third-order valence-electron chi connectivity index (χ3n) is 5.27. The first kappa shape index (κ1) is 15.3. The zero-order valence-corrected chi connectivity index (χ0v) is 12.9. The monoisotopic (exact) mass is 277 g/mol. The van der Waals surface area contributed by atoms with Gasteiger partial charge in [0, 0.05) is 12.6 Å². The van der Waals surface area contributed by atoms with Gasteiger partial charge in [0.15, 0.2) is 0 Å². The van der Waals surface area contributed by atoms with Gasteiger partial charge >= 0.3 is 0 Å². The van der Waals surface area contributed by atoms with Crippen LogP contribution in [0.15, 0.2) is 0 Å². The summed E-state index contributed by atoms with van der Waals surface area (Å²) in [5, 5.41) is 6.50. The number of nitrogens with zero attached hydrogens (tertiary/aromatic N) is 1. The van der Waals surface area contributed by atoms with Crippen molar-refractivity contribution in [2.24, 2.45) is 11.8 Å². The van der Waals surface area contributed by atoms with E-state index in [0.717, 1.165) is 32.5 Å². The van der Waals surface area contributed by atoms with E-state index < -0.39 is 5.54 Å². The van der Waals surface area contributed by atoms with E-state index in [-0.39, 0.29) is 5.91 Å². The van der Waals surface area contributed by atoms with Gasteiger partial charge in [-0.25, -0.2) is 0 Å². The fourth-order valence-electron chi connectivity index (χ4n) is 3.62. The lowest BCUT2D eigenvalue weighted by Crippen LogP contribution is -2.50. The van der Waals surface area contributed by atoms with Gasteiger partial charge in [0.1, 0.15) is 5.54 Å². The summed E-state index contributed by atoms with van der Waals surface area (Å²) < 4.78 is 0. The van der Waals surface area contributed by atoms with Gasteiger partial charge in [-0.05, 0) is 44.7 Å². The van der Waals surface area contributed by atoms with E-state index >= 15 is 0 Å². The molecule has 0 radical (unpaired) electrons. The number of carbonyl (C=O) groups is 1. The first-order valence-corrected chi connectivity index (χ1v) is 7.78. The highest BCUT2D eigenvalue weighted by Crippen LogP contribution is 2.31. The molecule has 2 heterocycles. The van der Waals surface area contributed by atoms with Crippen molar-refractivity contribution in [3.05, 3.63) is 0 Å². The molecule has 112 valence electrons. The maximum atomic E-state index is 12.3. The third-order valence-corrected chi connectivity index (χ3v) is 5.27. The summed E-state index contributed by atoms with van der Waals surface area (Å²) in [6, 6.07) is 0.476. The average Bonchev–Trinajstić information content (AvgIpc) is 3.01. The Balaban J connectivity index is 1.91. The highest BCUT2D eigenvalue weighted by Gasteiger charge is 2.42. The highest BCUT2D eigenvalue weighted by molar-refractivity contribution is 5.79. The lowest BCUT2D eigenvalue weighted by Gasteiger charge is -2.29. The predicted molar refractivity (Wildman–Crippen MR) is 81.2 cm³/mol. The molecular formula is C16H27N3O. The van der Waals surface area contributed by atoms with Crippen LogP contribution in [0, 0.1) is 24.2 Å². The highest BCUT2D eigenvalue weighted by atomic mass is 16.2. The van der Waals surface area contributed by atoms with Crippen LogP contribution in [-0.2, 0) is 4.79 Å². The number of nitrogens with one attached hydrogen (secondary N) is 2. The molecule has 2 rings (SSSR count). The summed E-state index contributed by atoms with van der Waals surface area (Å²) in [5.74, 6) is 4.22. The van der Waals surface area contributed by atoms with Gasteiger partial charge in [0.25, 0.3) is 0 Å². The Morgan fingerprint density at radius 3 is 2.70 bits per heavy atom. The summed E-state index contributed by atoms with van der Waals surface area (Å²) in [5.41, 5.74) is -0.475. The summed E-state index contributed by atoms with van der Waals surface area (Å²) in [4.78, 5) is 14.6. The molecule has 0 aliphatic carbocycles. The molecule has 2 aliphatic rings. The molecule has 0 aromatic carbocycles. The van der Waals surface area contributed by atoms with Gasteiger partial charge in [0.05, 0.1) is 6.54 Å². The van der Waals surface area contributed by atoms with Crippen LogP contribution >= 0.6 is 0 Å². The van der Waals surface area contributed by atoms with Gasteiger partial charge in [-0.1, -0.05) is 19.8 Å². The number of amides is 1. The molecule has 2 aliphatic heterocycles. The molecule has 4 heteroatoms. The number of fused-ring (bicyclic) bond motifs is 1. The van der Waals surface area contributed by atoms with Crippen molar-refractivity contribution < 1.29 is 4.79 Å². The fraction of sp³-hybridized carbons (Fsp3) is 0.812. The Hall–Kier alpha value is -1.05. The quantitative estimate of drug-likeness (QED) is 0.732. The molecule has 1 amide bonds. The van der Waals surface area contributed by atoms with Crippen molar-refractivity contribution in [1.29, 1.82) is 0 Å². The van der Waals surface area contributed by atoms with Crippen LogP contribution in [-0.4, -0.2) is 48.6 Å². The van der Waals surface area contributed by atoms with E-state index in [9.17, 15) is 4.79 Å². The Kier molecular flexibility index (Phi) is 4.72. The molecular weight excluding hydrogens is 250 g/mol. The molecule has 2 fully saturated rings. The van der Waals surface area contributed by atoms with Crippen LogP contribution in [0.3, 0.4) is 0 Å². The Labute approximate surface area is 122 Å². The Morgan fingerprint density at radius 2 is 2.15 bits per heavy atom. The van der Waals surface area contributed by atoms with Crippen molar-refractivity contribution in [2.75, 3.05) is 26.2 Å². The summed E-state index contributed by atoms with van der Waals surface area (Å²) in [7, 11) is 0. The normalized spacial score (nSPS) is 30.0. The van der Waals surface area contributed by atoms with E-state index in [4.69, 9.17) is 6.42 Å². The third kappa shape index (κ3) is 2.84. The van der Waals surface area contributed by atoms with Crippen LogP contribution in [0.1, 0.15) is 33.6 Å². The summed E-state index contributed by atoms with van der Waals surface area (Å²) >= 11 is 0. The molecule has 20 heavy (non-hydrogen) atoms. The van der Waals surface area contributed by atoms with Crippen LogP contribution < -0.4 is 10.6 Å². The molecule has 0 spiro atoms. The van der Waals surface area contributed by atoms with Crippen molar-refractivity contribution in [3.63, 3.8) is 0 Å². The predicted octanol–water partition coefficient (Wildman–Crippen LogP) is 0.834. The molecule has 0 aromatic heterocycles. The second kappa shape index (κ2) is 6.15. The van der Waals surface area contributed by atoms with Crippen molar-refractivity contribution in [3.8, 4) is 12.3 Å². The first-order chi connectivity index (χ1) is 9.55. The van der Waals surface area contributed by atoms with Gasteiger partial charge in [-0.2, -0.15) is 0 Å². The van der Waals surface area contributed by atoms with Crippen LogP contribution in [0.4, 0.5) is 0 Å². The molecule has 2 saturated heterocycles. The second-order valence-corrected chi connectivity index (χ2v) is 6.23. The van der Waals surface area contributed by atoms with E-state index in [2.05, 4.69) is 28.4 Å².